The number of allylic oxidation sites excluding steroid dienone is 2. The number of halogens is 1. The Balaban J connectivity index is 1.98. The summed E-state index contributed by atoms with van der Waals surface area (Å²) in [6.45, 7) is 4.26. The minimum Gasteiger partial charge on any atom is -0.253 e. The van der Waals surface area contributed by atoms with Crippen LogP contribution in [0.25, 0.3) is 11.3 Å². The Labute approximate surface area is 145 Å². The molecule has 5 heteroatoms. The Morgan fingerprint density at radius 3 is 2.83 bits per heavy atom. The normalized spacial score (nSPS) is 18.4. The van der Waals surface area contributed by atoms with Gasteiger partial charge in [-0.05, 0) is 49.4 Å². The molecular formula is C19H20FN3S. The van der Waals surface area contributed by atoms with Crippen LogP contribution in [0.2, 0.25) is 0 Å². The molecule has 1 atom stereocenters. The summed E-state index contributed by atoms with van der Waals surface area (Å²) in [5, 5.41) is 6.70. The van der Waals surface area contributed by atoms with Crippen molar-refractivity contribution in [3.8, 4) is 11.3 Å². The molecule has 1 aliphatic carbocycles. The van der Waals surface area contributed by atoms with Gasteiger partial charge < -0.3 is 0 Å². The third-order valence-corrected chi connectivity index (χ3v) is 4.74. The minimum atomic E-state index is -0.241. The van der Waals surface area contributed by atoms with Gasteiger partial charge in [-0.1, -0.05) is 18.2 Å². The lowest BCUT2D eigenvalue weighted by Gasteiger charge is -2.12. The summed E-state index contributed by atoms with van der Waals surface area (Å²) in [5.41, 5.74) is 1.85. The van der Waals surface area contributed by atoms with Crippen molar-refractivity contribution in [2.45, 2.75) is 19.3 Å². The lowest BCUT2D eigenvalue weighted by atomic mass is 9.96. The molecule has 3 rings (SSSR count). The first-order valence-corrected chi connectivity index (χ1v) is 8.93. The monoisotopic (exact) mass is 341 g/mol. The Hall–Kier alpha value is -2.27. The molecule has 0 fully saturated rings. The summed E-state index contributed by atoms with van der Waals surface area (Å²) in [7, 11) is 0. The third-order valence-electron chi connectivity index (χ3n) is 3.88. The molecule has 24 heavy (non-hydrogen) atoms. The van der Waals surface area contributed by atoms with E-state index in [4.69, 9.17) is 0 Å². The van der Waals surface area contributed by atoms with Gasteiger partial charge in [0.05, 0.1) is 12.2 Å². The zero-order chi connectivity index (χ0) is 16.8. The lowest BCUT2D eigenvalue weighted by Crippen LogP contribution is -2.14. The van der Waals surface area contributed by atoms with Gasteiger partial charge in [-0.25, -0.2) is 9.07 Å². The Kier molecular flexibility index (Phi) is 5.54. The molecule has 124 valence electrons. The number of hydrogen-bond donors (Lipinski definition) is 0. The maximum Gasteiger partial charge on any atom is 0.206 e. The van der Waals surface area contributed by atoms with Gasteiger partial charge in [-0.3, -0.25) is 4.99 Å². The average molecular weight is 341 g/mol. The molecule has 0 bridgehead atoms. The maximum absolute atomic E-state index is 13.2. The van der Waals surface area contributed by atoms with Gasteiger partial charge in [0.2, 0.25) is 4.80 Å². The van der Waals surface area contributed by atoms with E-state index in [1.165, 1.54) is 23.5 Å². The van der Waals surface area contributed by atoms with Crippen molar-refractivity contribution in [2.24, 2.45) is 16.0 Å². The lowest BCUT2D eigenvalue weighted by molar-refractivity contribution is 0.621. The Morgan fingerprint density at radius 1 is 1.29 bits per heavy atom. The van der Waals surface area contributed by atoms with E-state index in [0.29, 0.717) is 12.5 Å². The molecule has 0 N–H and O–H groups in total. The molecular weight excluding hydrogens is 321 g/mol. The highest BCUT2D eigenvalue weighted by molar-refractivity contribution is 7.07. The molecule has 0 spiro atoms. The summed E-state index contributed by atoms with van der Waals surface area (Å²) in [6.07, 6.45) is 11.4. The smallest absolute Gasteiger partial charge is 0.206 e. The van der Waals surface area contributed by atoms with Crippen molar-refractivity contribution < 1.29 is 4.39 Å². The van der Waals surface area contributed by atoms with Gasteiger partial charge in [-0.15, -0.1) is 17.9 Å². The van der Waals surface area contributed by atoms with Crippen molar-refractivity contribution in [1.82, 2.24) is 4.68 Å². The van der Waals surface area contributed by atoms with E-state index in [1.54, 1.807) is 18.2 Å². The van der Waals surface area contributed by atoms with Crippen molar-refractivity contribution in [3.05, 3.63) is 65.1 Å². The number of nitrogens with zero attached hydrogens (tertiary/aromatic N) is 3. The standard InChI is InChI=1S/C19H20FN3S/c1-2-12-21-19-23(22-13-15-6-4-3-5-7-15)18(14-24-19)16-8-10-17(20)11-9-16/h2-4,8-11,13-15H,1,5-7,12H2. The maximum atomic E-state index is 13.2. The van der Waals surface area contributed by atoms with E-state index in [0.717, 1.165) is 35.3 Å². The van der Waals surface area contributed by atoms with Crippen LogP contribution in [0.15, 0.2) is 64.5 Å². The van der Waals surface area contributed by atoms with E-state index in [2.05, 4.69) is 28.8 Å². The van der Waals surface area contributed by atoms with Crippen LogP contribution >= 0.6 is 11.3 Å². The molecule has 1 aromatic heterocycles. The molecule has 1 unspecified atom stereocenters. The van der Waals surface area contributed by atoms with Crippen LogP contribution in [-0.2, 0) is 0 Å². The Morgan fingerprint density at radius 2 is 2.12 bits per heavy atom. The topological polar surface area (TPSA) is 29.6 Å². The molecule has 0 radical (unpaired) electrons. The van der Waals surface area contributed by atoms with Crippen LogP contribution in [-0.4, -0.2) is 17.4 Å². The van der Waals surface area contributed by atoms with Crippen LogP contribution in [0.1, 0.15) is 19.3 Å². The molecule has 0 aliphatic heterocycles. The van der Waals surface area contributed by atoms with Crippen LogP contribution in [0, 0.1) is 11.7 Å². The van der Waals surface area contributed by atoms with Gasteiger partial charge in [0, 0.05) is 17.2 Å². The fourth-order valence-electron chi connectivity index (χ4n) is 2.59. The number of benzene rings is 1. The second kappa shape index (κ2) is 8.02. The second-order valence-corrected chi connectivity index (χ2v) is 6.50. The Bertz CT molecular complexity index is 812. The quantitative estimate of drug-likeness (QED) is 0.560. The first-order chi connectivity index (χ1) is 11.8. The second-order valence-electron chi connectivity index (χ2n) is 5.66. The van der Waals surface area contributed by atoms with Crippen LogP contribution in [0.4, 0.5) is 4.39 Å². The van der Waals surface area contributed by atoms with Crippen molar-refractivity contribution in [3.63, 3.8) is 0 Å². The van der Waals surface area contributed by atoms with E-state index in [-0.39, 0.29) is 5.82 Å². The SMILES string of the molecule is C=CCN=c1scc(-c2ccc(F)cc2)n1N=CC1CC=CCC1. The van der Waals surface area contributed by atoms with Gasteiger partial charge in [-0.2, -0.15) is 5.10 Å². The summed E-state index contributed by atoms with van der Waals surface area (Å²) >= 11 is 1.53. The zero-order valence-corrected chi connectivity index (χ0v) is 14.3. The highest BCUT2D eigenvalue weighted by Gasteiger charge is 2.10. The largest absolute Gasteiger partial charge is 0.253 e. The van der Waals surface area contributed by atoms with Crippen LogP contribution < -0.4 is 4.80 Å². The van der Waals surface area contributed by atoms with Crippen LogP contribution in [0.3, 0.4) is 0 Å². The molecule has 0 saturated heterocycles. The van der Waals surface area contributed by atoms with Crippen LogP contribution in [0.5, 0.6) is 0 Å². The summed E-state index contributed by atoms with van der Waals surface area (Å²) < 4.78 is 15.0. The molecule has 0 saturated carbocycles. The predicted octanol–water partition coefficient (Wildman–Crippen LogP) is 4.63. The zero-order valence-electron chi connectivity index (χ0n) is 13.4. The van der Waals surface area contributed by atoms with Gasteiger partial charge >= 0.3 is 0 Å². The minimum absolute atomic E-state index is 0.241. The molecule has 1 aromatic carbocycles. The molecule has 0 amide bonds. The highest BCUT2D eigenvalue weighted by atomic mass is 32.1. The van der Waals surface area contributed by atoms with E-state index in [1.807, 2.05) is 16.3 Å². The number of aromatic nitrogens is 1. The number of thiazole rings is 1. The predicted molar refractivity (Wildman–Crippen MR) is 98.7 cm³/mol. The highest BCUT2D eigenvalue weighted by Crippen LogP contribution is 2.21. The molecule has 2 aromatic rings. The summed E-state index contributed by atoms with van der Waals surface area (Å²) in [4.78, 5) is 5.33. The number of rotatable bonds is 5. The van der Waals surface area contributed by atoms with Crippen molar-refractivity contribution in [1.29, 1.82) is 0 Å². The first kappa shape index (κ1) is 16.6. The average Bonchev–Trinajstić information content (AvgIpc) is 3.02. The van der Waals surface area contributed by atoms with Gasteiger partial charge in [0.1, 0.15) is 5.82 Å². The van der Waals surface area contributed by atoms with Gasteiger partial charge in [0.25, 0.3) is 0 Å². The fourth-order valence-corrected chi connectivity index (χ4v) is 3.44. The third kappa shape index (κ3) is 3.97. The summed E-state index contributed by atoms with van der Waals surface area (Å²) in [5.74, 6) is 0.213. The van der Waals surface area contributed by atoms with Crippen molar-refractivity contribution in [2.75, 3.05) is 6.54 Å². The molecule has 1 heterocycles. The molecule has 1 aliphatic rings. The van der Waals surface area contributed by atoms with E-state index in [9.17, 15) is 4.39 Å². The van der Waals surface area contributed by atoms with E-state index >= 15 is 0 Å². The van der Waals surface area contributed by atoms with E-state index < -0.39 is 0 Å². The summed E-state index contributed by atoms with van der Waals surface area (Å²) in [6, 6.07) is 6.47. The fraction of sp³-hybridized carbons (Fsp3) is 0.263. The van der Waals surface area contributed by atoms with Gasteiger partial charge in [0.15, 0.2) is 0 Å². The number of hydrogen-bond acceptors (Lipinski definition) is 3. The molecule has 3 nitrogen and oxygen atoms in total. The van der Waals surface area contributed by atoms with Crippen molar-refractivity contribution >= 4 is 17.6 Å². The first-order valence-electron chi connectivity index (χ1n) is 8.05.